The Morgan fingerprint density at radius 1 is 1.26 bits per heavy atom. The molecule has 7 heteroatoms. The number of carbonyl (C=O) groups is 1. The van der Waals surface area contributed by atoms with Crippen LogP contribution in [0.4, 0.5) is 4.39 Å². The summed E-state index contributed by atoms with van der Waals surface area (Å²) < 4.78 is 35.9. The number of nitrogens with zero attached hydrogens (tertiary/aromatic N) is 1. The topological polar surface area (TPSA) is 74.7 Å². The molecule has 0 aliphatic carbocycles. The number of sulfone groups is 1. The molecular weight excluding hydrogens is 273 g/mol. The van der Waals surface area contributed by atoms with Crippen LogP contribution in [0.2, 0.25) is 0 Å². The van der Waals surface area contributed by atoms with E-state index in [1.165, 1.54) is 12.1 Å². The zero-order valence-electron chi connectivity index (χ0n) is 10.2. The second kappa shape index (κ2) is 5.26. The van der Waals surface area contributed by atoms with Gasteiger partial charge >= 0.3 is 5.97 Å². The first-order valence-corrected chi connectivity index (χ1v) is 7.63. The fourth-order valence-corrected chi connectivity index (χ4v) is 3.31. The van der Waals surface area contributed by atoms with Gasteiger partial charge in [-0.25, -0.2) is 17.6 Å². The van der Waals surface area contributed by atoms with Crippen molar-refractivity contribution in [3.63, 3.8) is 0 Å². The highest BCUT2D eigenvalue weighted by molar-refractivity contribution is 7.91. The molecular formula is C12H14FNO4S. The molecule has 0 spiro atoms. The van der Waals surface area contributed by atoms with Crippen molar-refractivity contribution in [3.8, 4) is 0 Å². The van der Waals surface area contributed by atoms with Gasteiger partial charge in [-0.2, -0.15) is 0 Å². The molecule has 2 rings (SSSR count). The average Bonchev–Trinajstić information content (AvgIpc) is 2.31. The Bertz CT molecular complexity index is 586. The number of hydrogen-bond donors (Lipinski definition) is 1. The number of carboxylic acids is 1. The van der Waals surface area contributed by atoms with E-state index in [-0.39, 0.29) is 17.1 Å². The van der Waals surface area contributed by atoms with Gasteiger partial charge in [-0.05, 0) is 23.8 Å². The third kappa shape index (κ3) is 3.74. The van der Waals surface area contributed by atoms with E-state index in [1.807, 2.05) is 4.90 Å². The van der Waals surface area contributed by atoms with Crippen molar-refractivity contribution >= 4 is 15.8 Å². The highest BCUT2D eigenvalue weighted by atomic mass is 32.2. The van der Waals surface area contributed by atoms with Crippen LogP contribution < -0.4 is 0 Å². The molecule has 19 heavy (non-hydrogen) atoms. The van der Waals surface area contributed by atoms with Crippen molar-refractivity contribution in [1.29, 1.82) is 0 Å². The molecule has 5 nitrogen and oxygen atoms in total. The number of halogens is 1. The van der Waals surface area contributed by atoms with E-state index < -0.39 is 21.6 Å². The van der Waals surface area contributed by atoms with Gasteiger partial charge in [0.25, 0.3) is 0 Å². The summed E-state index contributed by atoms with van der Waals surface area (Å²) in [6.07, 6.45) is 0. The Kier molecular flexibility index (Phi) is 3.86. The molecule has 1 aromatic rings. The Balaban J connectivity index is 2.09. The quantitative estimate of drug-likeness (QED) is 0.888. The van der Waals surface area contributed by atoms with Crippen molar-refractivity contribution in [1.82, 2.24) is 4.90 Å². The maximum atomic E-state index is 13.3. The molecule has 0 atom stereocenters. The van der Waals surface area contributed by atoms with Gasteiger partial charge in [0, 0.05) is 19.6 Å². The minimum Gasteiger partial charge on any atom is -0.478 e. The number of benzene rings is 1. The molecule has 1 fully saturated rings. The first-order valence-electron chi connectivity index (χ1n) is 5.81. The molecule has 1 aromatic carbocycles. The summed E-state index contributed by atoms with van der Waals surface area (Å²) in [7, 11) is -2.95. The van der Waals surface area contributed by atoms with Gasteiger partial charge in [0.2, 0.25) is 0 Å². The van der Waals surface area contributed by atoms with Crippen LogP contribution in [0, 0.1) is 5.82 Å². The maximum Gasteiger partial charge on any atom is 0.335 e. The first-order chi connectivity index (χ1) is 8.85. The van der Waals surface area contributed by atoms with Gasteiger partial charge in [-0.1, -0.05) is 0 Å². The van der Waals surface area contributed by atoms with Crippen LogP contribution in [0.5, 0.6) is 0 Å². The van der Waals surface area contributed by atoms with Crippen molar-refractivity contribution in [2.75, 3.05) is 24.6 Å². The summed E-state index contributed by atoms with van der Waals surface area (Å²) in [4.78, 5) is 12.7. The van der Waals surface area contributed by atoms with Gasteiger partial charge in [0.1, 0.15) is 5.82 Å². The van der Waals surface area contributed by atoms with Crippen LogP contribution in [-0.4, -0.2) is 49.0 Å². The van der Waals surface area contributed by atoms with Gasteiger partial charge in [0.15, 0.2) is 9.84 Å². The summed E-state index contributed by atoms with van der Waals surface area (Å²) in [5.74, 6) is -1.59. The van der Waals surface area contributed by atoms with Crippen LogP contribution in [0.3, 0.4) is 0 Å². The van der Waals surface area contributed by atoms with Crippen molar-refractivity contribution in [2.45, 2.75) is 6.54 Å². The van der Waals surface area contributed by atoms with Gasteiger partial charge in [0.05, 0.1) is 17.1 Å². The van der Waals surface area contributed by atoms with Gasteiger partial charge in [-0.15, -0.1) is 0 Å². The van der Waals surface area contributed by atoms with E-state index >= 15 is 0 Å². The normalized spacial score (nSPS) is 19.2. The fourth-order valence-electron chi connectivity index (χ4n) is 2.03. The van der Waals surface area contributed by atoms with E-state index in [9.17, 15) is 17.6 Å². The van der Waals surface area contributed by atoms with E-state index in [4.69, 9.17) is 5.11 Å². The minimum atomic E-state index is -2.95. The molecule has 0 saturated carbocycles. The lowest BCUT2D eigenvalue weighted by molar-refractivity contribution is 0.0696. The third-order valence-electron chi connectivity index (χ3n) is 3.05. The molecule has 0 amide bonds. The number of aromatic carboxylic acids is 1. The standard InChI is InChI=1S/C12H14FNO4S/c13-11-6-9(5-10(7-11)12(15)16)8-14-1-3-19(17,18)4-2-14/h5-7H,1-4,8H2,(H,15,16). The summed E-state index contributed by atoms with van der Waals surface area (Å²) in [6.45, 7) is 1.13. The third-order valence-corrected chi connectivity index (χ3v) is 4.66. The molecule has 0 aromatic heterocycles. The van der Waals surface area contributed by atoms with Crippen LogP contribution in [0.25, 0.3) is 0 Å². The summed E-state index contributed by atoms with van der Waals surface area (Å²) in [5, 5.41) is 8.85. The number of carboxylic acid groups (broad SMARTS) is 1. The second-order valence-corrected chi connectivity index (χ2v) is 6.88. The molecule has 1 aliphatic rings. The summed E-state index contributed by atoms with van der Waals surface area (Å²) >= 11 is 0. The highest BCUT2D eigenvalue weighted by Gasteiger charge is 2.21. The molecule has 0 unspecified atom stereocenters. The molecule has 0 radical (unpaired) electrons. The Hall–Kier alpha value is -1.47. The monoisotopic (exact) mass is 287 g/mol. The summed E-state index contributed by atoms with van der Waals surface area (Å²) in [6, 6.07) is 3.65. The molecule has 104 valence electrons. The predicted octanol–water partition coefficient (Wildman–Crippen LogP) is 0.754. The van der Waals surface area contributed by atoms with Gasteiger partial charge in [-0.3, -0.25) is 4.90 Å². The van der Waals surface area contributed by atoms with E-state index in [1.54, 1.807) is 0 Å². The SMILES string of the molecule is O=C(O)c1cc(F)cc(CN2CCS(=O)(=O)CC2)c1. The summed E-state index contributed by atoms with van der Waals surface area (Å²) in [5.41, 5.74) is 0.441. The van der Waals surface area contributed by atoms with E-state index in [0.717, 1.165) is 6.07 Å². The smallest absolute Gasteiger partial charge is 0.335 e. The Labute approximate surface area is 110 Å². The maximum absolute atomic E-state index is 13.3. The lowest BCUT2D eigenvalue weighted by Crippen LogP contribution is -2.39. The van der Waals surface area contributed by atoms with Crippen molar-refractivity contribution in [2.24, 2.45) is 0 Å². The predicted molar refractivity (Wildman–Crippen MR) is 67.3 cm³/mol. The Morgan fingerprint density at radius 3 is 2.47 bits per heavy atom. The lowest BCUT2D eigenvalue weighted by atomic mass is 10.1. The highest BCUT2D eigenvalue weighted by Crippen LogP contribution is 2.14. The zero-order valence-corrected chi connectivity index (χ0v) is 11.0. The van der Waals surface area contributed by atoms with E-state index in [2.05, 4.69) is 0 Å². The van der Waals surface area contributed by atoms with Gasteiger partial charge < -0.3 is 5.11 Å². The minimum absolute atomic E-state index is 0.0914. The Morgan fingerprint density at radius 2 is 1.89 bits per heavy atom. The molecule has 1 heterocycles. The molecule has 0 bridgehead atoms. The number of hydrogen-bond acceptors (Lipinski definition) is 4. The largest absolute Gasteiger partial charge is 0.478 e. The van der Waals surface area contributed by atoms with E-state index in [0.29, 0.717) is 25.2 Å². The molecule has 1 aliphatic heterocycles. The second-order valence-electron chi connectivity index (χ2n) is 4.58. The van der Waals surface area contributed by atoms with Crippen molar-refractivity contribution in [3.05, 3.63) is 35.1 Å². The lowest BCUT2D eigenvalue weighted by Gasteiger charge is -2.26. The molecule has 1 N–H and O–H groups in total. The first kappa shape index (κ1) is 14.0. The average molecular weight is 287 g/mol. The fraction of sp³-hybridized carbons (Fsp3) is 0.417. The zero-order chi connectivity index (χ0) is 14.0. The number of rotatable bonds is 3. The van der Waals surface area contributed by atoms with Crippen LogP contribution in [-0.2, 0) is 16.4 Å². The van der Waals surface area contributed by atoms with Crippen LogP contribution >= 0.6 is 0 Å². The van der Waals surface area contributed by atoms with Crippen molar-refractivity contribution < 1.29 is 22.7 Å². The van der Waals surface area contributed by atoms with Crippen LogP contribution in [0.15, 0.2) is 18.2 Å². The molecule has 1 saturated heterocycles. The van der Waals surface area contributed by atoms with Crippen LogP contribution in [0.1, 0.15) is 15.9 Å².